The lowest BCUT2D eigenvalue weighted by molar-refractivity contribution is 0.306. The quantitative estimate of drug-likeness (QED) is 0.592. The molecular weight excluding hydrogens is 256 g/mol. The van der Waals surface area contributed by atoms with Crippen molar-refractivity contribution in [2.75, 3.05) is 0 Å². The van der Waals surface area contributed by atoms with E-state index in [0.29, 0.717) is 6.61 Å². The van der Waals surface area contributed by atoms with E-state index in [1.807, 2.05) is 26.0 Å². The second-order valence-corrected chi connectivity index (χ2v) is 4.79. The van der Waals surface area contributed by atoms with Crippen LogP contribution < -0.4 is 4.74 Å². The van der Waals surface area contributed by atoms with E-state index >= 15 is 0 Å². The Hall–Kier alpha value is -2.28. The van der Waals surface area contributed by atoms with Crippen LogP contribution in [0.1, 0.15) is 25.0 Å². The third-order valence-electron chi connectivity index (χ3n) is 3.21. The van der Waals surface area contributed by atoms with Crippen LogP contribution in [0.15, 0.2) is 66.7 Å². The van der Waals surface area contributed by atoms with Gasteiger partial charge in [0.15, 0.2) is 0 Å². The second kappa shape index (κ2) is 7.49. The standard InChI is InChI=1S/C18H16O.C2H6/c1-14-5-4-8-18(11-14)19-13-15-9-10-16-6-2-3-7-17(16)12-15;1-2/h2-12H,13H2,1H3;1-2H3. The van der Waals surface area contributed by atoms with Crippen molar-refractivity contribution in [3.8, 4) is 5.75 Å². The van der Waals surface area contributed by atoms with Crippen molar-refractivity contribution < 1.29 is 4.74 Å². The van der Waals surface area contributed by atoms with Gasteiger partial charge in [-0.1, -0.05) is 62.4 Å². The maximum absolute atomic E-state index is 5.82. The van der Waals surface area contributed by atoms with Gasteiger partial charge in [0.2, 0.25) is 0 Å². The minimum atomic E-state index is 0.605. The first-order valence-electron chi connectivity index (χ1n) is 7.48. The fourth-order valence-corrected chi connectivity index (χ4v) is 2.20. The average molecular weight is 278 g/mol. The zero-order chi connectivity index (χ0) is 15.1. The molecule has 21 heavy (non-hydrogen) atoms. The Balaban J connectivity index is 0.000000774. The molecule has 0 aliphatic carbocycles. The third-order valence-corrected chi connectivity index (χ3v) is 3.21. The summed E-state index contributed by atoms with van der Waals surface area (Å²) in [6.07, 6.45) is 0. The molecule has 0 saturated carbocycles. The van der Waals surface area contributed by atoms with Crippen LogP contribution in [0, 0.1) is 6.92 Å². The number of benzene rings is 3. The minimum absolute atomic E-state index is 0.605. The lowest BCUT2D eigenvalue weighted by atomic mass is 10.1. The molecule has 3 aromatic carbocycles. The molecule has 0 N–H and O–H groups in total. The van der Waals surface area contributed by atoms with Crippen LogP contribution >= 0.6 is 0 Å². The largest absolute Gasteiger partial charge is 0.489 e. The van der Waals surface area contributed by atoms with Crippen molar-refractivity contribution >= 4 is 10.8 Å². The Bertz CT molecular complexity index is 701. The highest BCUT2D eigenvalue weighted by Crippen LogP contribution is 2.18. The summed E-state index contributed by atoms with van der Waals surface area (Å²) < 4.78 is 5.82. The van der Waals surface area contributed by atoms with Gasteiger partial charge in [-0.2, -0.15) is 0 Å². The molecule has 3 rings (SSSR count). The van der Waals surface area contributed by atoms with Gasteiger partial charge in [0, 0.05) is 0 Å². The second-order valence-electron chi connectivity index (χ2n) is 4.79. The third kappa shape index (κ3) is 4.09. The number of ether oxygens (including phenoxy) is 1. The van der Waals surface area contributed by atoms with Crippen molar-refractivity contribution in [1.82, 2.24) is 0 Å². The molecule has 0 atom stereocenters. The summed E-state index contributed by atoms with van der Waals surface area (Å²) >= 11 is 0. The lowest BCUT2D eigenvalue weighted by Gasteiger charge is -2.08. The summed E-state index contributed by atoms with van der Waals surface area (Å²) in [7, 11) is 0. The number of rotatable bonds is 3. The summed E-state index contributed by atoms with van der Waals surface area (Å²) in [4.78, 5) is 0. The van der Waals surface area contributed by atoms with Crippen LogP contribution in [0.3, 0.4) is 0 Å². The molecule has 0 aromatic heterocycles. The Kier molecular flexibility index (Phi) is 5.39. The SMILES string of the molecule is CC.Cc1cccc(OCc2ccc3ccccc3c2)c1. The normalized spacial score (nSPS) is 9.86. The van der Waals surface area contributed by atoms with Gasteiger partial charge in [-0.3, -0.25) is 0 Å². The minimum Gasteiger partial charge on any atom is -0.489 e. The van der Waals surface area contributed by atoms with E-state index < -0.39 is 0 Å². The molecule has 1 nitrogen and oxygen atoms in total. The number of aryl methyl sites for hydroxylation is 1. The zero-order valence-corrected chi connectivity index (χ0v) is 13.0. The molecule has 0 amide bonds. The van der Waals surface area contributed by atoms with Gasteiger partial charge >= 0.3 is 0 Å². The van der Waals surface area contributed by atoms with Gasteiger partial charge in [0.25, 0.3) is 0 Å². The summed E-state index contributed by atoms with van der Waals surface area (Å²) in [5.41, 5.74) is 2.41. The van der Waals surface area contributed by atoms with Crippen LogP contribution in [0.25, 0.3) is 10.8 Å². The van der Waals surface area contributed by atoms with Gasteiger partial charge in [-0.15, -0.1) is 0 Å². The van der Waals surface area contributed by atoms with E-state index in [1.54, 1.807) is 0 Å². The highest BCUT2D eigenvalue weighted by molar-refractivity contribution is 5.82. The molecule has 0 unspecified atom stereocenters. The van der Waals surface area contributed by atoms with E-state index in [-0.39, 0.29) is 0 Å². The molecule has 0 radical (unpaired) electrons. The Morgan fingerprint density at radius 2 is 1.52 bits per heavy atom. The van der Waals surface area contributed by atoms with E-state index in [2.05, 4.69) is 61.5 Å². The first-order chi connectivity index (χ1) is 10.3. The predicted molar refractivity (Wildman–Crippen MR) is 90.8 cm³/mol. The fourth-order valence-electron chi connectivity index (χ4n) is 2.20. The molecule has 0 bridgehead atoms. The average Bonchev–Trinajstić information content (AvgIpc) is 2.55. The van der Waals surface area contributed by atoms with Gasteiger partial charge in [0.1, 0.15) is 12.4 Å². The zero-order valence-electron chi connectivity index (χ0n) is 13.0. The van der Waals surface area contributed by atoms with Crippen molar-refractivity contribution in [2.45, 2.75) is 27.4 Å². The van der Waals surface area contributed by atoms with Crippen molar-refractivity contribution in [1.29, 1.82) is 0 Å². The Morgan fingerprint density at radius 3 is 2.29 bits per heavy atom. The van der Waals surface area contributed by atoms with E-state index in [9.17, 15) is 0 Å². The lowest BCUT2D eigenvalue weighted by Crippen LogP contribution is -1.95. The van der Waals surface area contributed by atoms with Crippen LogP contribution in [0.4, 0.5) is 0 Å². The topological polar surface area (TPSA) is 9.23 Å². The van der Waals surface area contributed by atoms with E-state index in [4.69, 9.17) is 4.74 Å². The van der Waals surface area contributed by atoms with Crippen LogP contribution in [-0.2, 0) is 6.61 Å². The van der Waals surface area contributed by atoms with E-state index in [0.717, 1.165) is 5.75 Å². The molecule has 1 heteroatoms. The number of fused-ring (bicyclic) bond motifs is 1. The van der Waals surface area contributed by atoms with Crippen LogP contribution in [-0.4, -0.2) is 0 Å². The van der Waals surface area contributed by atoms with Crippen molar-refractivity contribution in [2.24, 2.45) is 0 Å². The smallest absolute Gasteiger partial charge is 0.120 e. The highest BCUT2D eigenvalue weighted by Gasteiger charge is 1.98. The van der Waals surface area contributed by atoms with Gasteiger partial charge in [0.05, 0.1) is 0 Å². The highest BCUT2D eigenvalue weighted by atomic mass is 16.5. The molecule has 0 heterocycles. The molecule has 0 saturated heterocycles. The monoisotopic (exact) mass is 278 g/mol. The molecular formula is C20H22O. The van der Waals surface area contributed by atoms with Crippen molar-refractivity contribution in [3.05, 3.63) is 77.9 Å². The molecule has 0 spiro atoms. The maximum atomic E-state index is 5.82. The number of hydrogen-bond donors (Lipinski definition) is 0. The van der Waals surface area contributed by atoms with E-state index in [1.165, 1.54) is 21.9 Å². The van der Waals surface area contributed by atoms with Crippen LogP contribution in [0.2, 0.25) is 0 Å². The Morgan fingerprint density at radius 1 is 0.762 bits per heavy atom. The number of hydrogen-bond acceptors (Lipinski definition) is 1. The maximum Gasteiger partial charge on any atom is 0.120 e. The van der Waals surface area contributed by atoms with Crippen molar-refractivity contribution in [3.63, 3.8) is 0 Å². The summed E-state index contributed by atoms with van der Waals surface area (Å²) in [6.45, 7) is 6.68. The molecule has 0 aliphatic heterocycles. The van der Waals surface area contributed by atoms with Crippen LogP contribution in [0.5, 0.6) is 5.75 Å². The summed E-state index contributed by atoms with van der Waals surface area (Å²) in [5, 5.41) is 2.52. The molecule has 0 aliphatic rings. The fraction of sp³-hybridized carbons (Fsp3) is 0.200. The molecule has 108 valence electrons. The molecule has 0 fully saturated rings. The Labute approximate surface area is 127 Å². The van der Waals surface area contributed by atoms with Gasteiger partial charge in [-0.05, 0) is 47.0 Å². The molecule has 3 aromatic rings. The predicted octanol–water partition coefficient (Wildman–Crippen LogP) is 5.75. The first kappa shape index (κ1) is 15.1. The summed E-state index contributed by atoms with van der Waals surface area (Å²) in [6, 6.07) is 23.0. The first-order valence-corrected chi connectivity index (χ1v) is 7.48. The van der Waals surface area contributed by atoms with Gasteiger partial charge in [-0.25, -0.2) is 0 Å². The van der Waals surface area contributed by atoms with Gasteiger partial charge < -0.3 is 4.74 Å². The summed E-state index contributed by atoms with van der Waals surface area (Å²) in [5.74, 6) is 0.924.